The fourth-order valence-corrected chi connectivity index (χ4v) is 1.54. The van der Waals surface area contributed by atoms with E-state index in [1.807, 2.05) is 13.0 Å². The Labute approximate surface area is 92.2 Å². The Balaban J connectivity index is 2.64. The first-order chi connectivity index (χ1) is 7.09. The van der Waals surface area contributed by atoms with Gasteiger partial charge in [-0.15, -0.1) is 0 Å². The lowest BCUT2D eigenvalue weighted by Crippen LogP contribution is -1.90. The van der Waals surface area contributed by atoms with Crippen molar-refractivity contribution >= 4 is 12.2 Å². The number of aryl methyl sites for hydroxylation is 1. The highest BCUT2D eigenvalue weighted by Gasteiger charge is 2.08. The molecule has 0 spiro atoms. The second-order valence-corrected chi connectivity index (χ2v) is 3.73. The number of phenols is 1. The third kappa shape index (κ3) is 1.66. The van der Waals surface area contributed by atoms with Crippen LogP contribution in [0.3, 0.4) is 0 Å². The van der Waals surface area contributed by atoms with Crippen molar-refractivity contribution in [2.75, 3.05) is 0 Å². The molecule has 0 atom stereocenters. The predicted octanol–water partition coefficient (Wildman–Crippen LogP) is 2.16. The van der Waals surface area contributed by atoms with Gasteiger partial charge in [0.25, 0.3) is 0 Å². The lowest BCUT2D eigenvalue weighted by Gasteiger charge is -2.03. The maximum Gasteiger partial charge on any atom is 0.216 e. The van der Waals surface area contributed by atoms with Gasteiger partial charge in [0, 0.05) is 18.2 Å². The van der Waals surface area contributed by atoms with E-state index in [2.05, 4.69) is 10.1 Å². The molecule has 1 aromatic carbocycles. The first-order valence-electron chi connectivity index (χ1n) is 4.51. The van der Waals surface area contributed by atoms with Crippen LogP contribution >= 0.6 is 12.2 Å². The zero-order chi connectivity index (χ0) is 11.0. The number of rotatable bonds is 1. The SMILES string of the molecule is Cc1c(O)cccc1-c1nc(=S)n(C)[nH]1. The molecule has 0 fully saturated rings. The minimum absolute atomic E-state index is 0.262. The lowest BCUT2D eigenvalue weighted by atomic mass is 10.1. The van der Waals surface area contributed by atoms with Gasteiger partial charge in [-0.1, -0.05) is 12.1 Å². The maximum absolute atomic E-state index is 9.56. The number of hydrogen-bond acceptors (Lipinski definition) is 3. The standard InChI is InChI=1S/C10H11N3OS/c1-6-7(4-3-5-8(6)14)9-11-10(15)13(2)12-9/h3-5,14H,1-2H3,(H,11,12,15). The van der Waals surface area contributed by atoms with E-state index in [4.69, 9.17) is 12.2 Å². The summed E-state index contributed by atoms with van der Waals surface area (Å²) in [6, 6.07) is 5.32. The summed E-state index contributed by atoms with van der Waals surface area (Å²) in [6.07, 6.45) is 0. The highest BCUT2D eigenvalue weighted by Crippen LogP contribution is 2.26. The summed E-state index contributed by atoms with van der Waals surface area (Å²) in [5.41, 5.74) is 1.66. The molecule has 0 saturated carbocycles. The summed E-state index contributed by atoms with van der Waals surface area (Å²) in [5.74, 6) is 0.938. The number of benzene rings is 1. The molecular weight excluding hydrogens is 210 g/mol. The average Bonchev–Trinajstić information content (AvgIpc) is 2.51. The quantitative estimate of drug-likeness (QED) is 0.725. The van der Waals surface area contributed by atoms with Crippen molar-refractivity contribution in [3.63, 3.8) is 0 Å². The number of aromatic hydroxyl groups is 1. The van der Waals surface area contributed by atoms with Gasteiger partial charge in [-0.25, -0.2) is 0 Å². The number of nitrogens with one attached hydrogen (secondary N) is 1. The molecule has 2 aromatic rings. The summed E-state index contributed by atoms with van der Waals surface area (Å²) in [4.78, 5) is 4.19. The van der Waals surface area contributed by atoms with Gasteiger partial charge in [0.1, 0.15) is 5.75 Å². The topological polar surface area (TPSA) is 53.8 Å². The molecule has 0 bridgehead atoms. The second kappa shape index (κ2) is 3.51. The molecule has 0 saturated heterocycles. The Morgan fingerprint density at radius 2 is 2.20 bits per heavy atom. The molecule has 78 valence electrons. The summed E-state index contributed by atoms with van der Waals surface area (Å²) in [5, 5.41) is 12.6. The van der Waals surface area contributed by atoms with E-state index in [9.17, 15) is 5.11 Å². The van der Waals surface area contributed by atoms with E-state index in [0.29, 0.717) is 10.6 Å². The third-order valence-electron chi connectivity index (χ3n) is 2.33. The zero-order valence-corrected chi connectivity index (χ0v) is 9.30. The minimum Gasteiger partial charge on any atom is -0.508 e. The number of aromatic nitrogens is 3. The molecule has 0 aliphatic heterocycles. The van der Waals surface area contributed by atoms with Crippen LogP contribution in [0.1, 0.15) is 5.56 Å². The smallest absolute Gasteiger partial charge is 0.216 e. The summed E-state index contributed by atoms with van der Waals surface area (Å²) in [7, 11) is 1.80. The molecule has 1 aromatic heterocycles. The molecule has 4 nitrogen and oxygen atoms in total. The molecule has 15 heavy (non-hydrogen) atoms. The first kappa shape index (κ1) is 9.92. The monoisotopic (exact) mass is 221 g/mol. The first-order valence-corrected chi connectivity index (χ1v) is 4.92. The van der Waals surface area contributed by atoms with Crippen LogP contribution in [0, 0.1) is 11.7 Å². The number of nitrogens with zero attached hydrogens (tertiary/aromatic N) is 2. The number of aromatic amines is 1. The van der Waals surface area contributed by atoms with Gasteiger partial charge in [-0.3, -0.25) is 9.78 Å². The van der Waals surface area contributed by atoms with Gasteiger partial charge in [0.05, 0.1) is 0 Å². The molecule has 0 unspecified atom stereocenters. The van der Waals surface area contributed by atoms with Crippen LogP contribution in [0.5, 0.6) is 5.75 Å². The van der Waals surface area contributed by atoms with Crippen LogP contribution in [0.2, 0.25) is 0 Å². The van der Waals surface area contributed by atoms with Crippen molar-refractivity contribution in [2.24, 2.45) is 7.05 Å². The fraction of sp³-hybridized carbons (Fsp3) is 0.200. The number of phenolic OH excluding ortho intramolecular Hbond substituents is 1. The molecule has 0 aliphatic carbocycles. The Hall–Kier alpha value is -1.62. The van der Waals surface area contributed by atoms with Crippen LogP contribution in [0.25, 0.3) is 11.4 Å². The van der Waals surface area contributed by atoms with Crippen molar-refractivity contribution in [2.45, 2.75) is 6.92 Å². The molecule has 2 N–H and O–H groups in total. The summed E-state index contributed by atoms with van der Waals surface area (Å²) in [6.45, 7) is 1.84. The van der Waals surface area contributed by atoms with Gasteiger partial charge in [0.15, 0.2) is 5.82 Å². The molecule has 5 heteroatoms. The maximum atomic E-state index is 9.56. The van der Waals surface area contributed by atoms with E-state index in [-0.39, 0.29) is 5.75 Å². The molecule has 1 heterocycles. The normalized spacial score (nSPS) is 10.5. The van der Waals surface area contributed by atoms with Crippen LogP contribution in [-0.2, 0) is 7.05 Å². The van der Waals surface area contributed by atoms with Crippen LogP contribution in [-0.4, -0.2) is 19.9 Å². The number of hydrogen-bond donors (Lipinski definition) is 2. The van der Waals surface area contributed by atoms with E-state index in [1.54, 1.807) is 23.9 Å². The highest BCUT2D eigenvalue weighted by atomic mass is 32.1. The van der Waals surface area contributed by atoms with Gasteiger partial charge in [0.2, 0.25) is 4.77 Å². The van der Waals surface area contributed by atoms with Gasteiger partial charge in [-0.2, -0.15) is 4.98 Å². The zero-order valence-electron chi connectivity index (χ0n) is 8.48. The Kier molecular flexibility index (Phi) is 2.32. The summed E-state index contributed by atoms with van der Waals surface area (Å²) < 4.78 is 2.15. The molecular formula is C10H11N3OS. The average molecular weight is 221 g/mol. The Bertz CT molecular complexity index is 556. The van der Waals surface area contributed by atoms with Crippen molar-refractivity contribution in [1.82, 2.24) is 14.8 Å². The van der Waals surface area contributed by atoms with E-state index in [0.717, 1.165) is 11.1 Å². The third-order valence-corrected chi connectivity index (χ3v) is 2.69. The Morgan fingerprint density at radius 3 is 2.80 bits per heavy atom. The minimum atomic E-state index is 0.262. The Morgan fingerprint density at radius 1 is 1.47 bits per heavy atom. The van der Waals surface area contributed by atoms with Crippen molar-refractivity contribution in [1.29, 1.82) is 0 Å². The van der Waals surface area contributed by atoms with Gasteiger partial charge < -0.3 is 5.11 Å². The molecule has 0 aliphatic rings. The van der Waals surface area contributed by atoms with Crippen LogP contribution in [0.15, 0.2) is 18.2 Å². The van der Waals surface area contributed by atoms with Crippen LogP contribution in [0.4, 0.5) is 0 Å². The predicted molar refractivity (Wildman–Crippen MR) is 60.2 cm³/mol. The van der Waals surface area contributed by atoms with Crippen LogP contribution < -0.4 is 0 Å². The second-order valence-electron chi connectivity index (χ2n) is 3.36. The molecule has 0 radical (unpaired) electrons. The van der Waals surface area contributed by atoms with E-state index >= 15 is 0 Å². The summed E-state index contributed by atoms with van der Waals surface area (Å²) >= 11 is 5.01. The van der Waals surface area contributed by atoms with Gasteiger partial charge >= 0.3 is 0 Å². The van der Waals surface area contributed by atoms with Gasteiger partial charge in [-0.05, 0) is 25.2 Å². The van der Waals surface area contributed by atoms with E-state index < -0.39 is 0 Å². The lowest BCUT2D eigenvalue weighted by molar-refractivity contribution is 0.471. The molecule has 2 rings (SSSR count). The van der Waals surface area contributed by atoms with Crippen molar-refractivity contribution in [3.05, 3.63) is 28.5 Å². The number of H-pyrrole nitrogens is 1. The van der Waals surface area contributed by atoms with Crippen molar-refractivity contribution < 1.29 is 5.11 Å². The molecule has 0 amide bonds. The van der Waals surface area contributed by atoms with Crippen molar-refractivity contribution in [3.8, 4) is 17.1 Å². The van der Waals surface area contributed by atoms with E-state index in [1.165, 1.54) is 0 Å². The fourth-order valence-electron chi connectivity index (χ4n) is 1.40. The highest BCUT2D eigenvalue weighted by molar-refractivity contribution is 7.71. The largest absolute Gasteiger partial charge is 0.508 e.